The maximum Gasteiger partial charge on any atom is 0.418 e. The molecule has 0 spiro atoms. The number of pyridine rings is 1. The number of hydrogen-bond acceptors (Lipinski definition) is 1. The standard InChI is InChI=1S/C15H11F3N2/c16-15(17,18)13-10-20(9-11-5-2-1-3-6-11)14-12(13)7-4-8-19-14/h1-8,10H,9H2. The van der Waals surface area contributed by atoms with E-state index in [0.717, 1.165) is 11.8 Å². The van der Waals surface area contributed by atoms with E-state index in [1.54, 1.807) is 0 Å². The minimum Gasteiger partial charge on any atom is -0.327 e. The Hall–Kier alpha value is -2.30. The van der Waals surface area contributed by atoms with E-state index >= 15 is 0 Å². The minimum atomic E-state index is -4.37. The Morgan fingerprint density at radius 3 is 2.45 bits per heavy atom. The number of alkyl halides is 3. The van der Waals surface area contributed by atoms with Crippen LogP contribution in [0.1, 0.15) is 11.1 Å². The maximum absolute atomic E-state index is 13.0. The van der Waals surface area contributed by atoms with Crippen LogP contribution < -0.4 is 0 Å². The lowest BCUT2D eigenvalue weighted by Crippen LogP contribution is -2.04. The lowest BCUT2D eigenvalue weighted by molar-refractivity contribution is -0.136. The van der Waals surface area contributed by atoms with Crippen molar-refractivity contribution in [3.8, 4) is 0 Å². The highest BCUT2D eigenvalue weighted by Gasteiger charge is 2.34. The molecule has 0 saturated heterocycles. The molecule has 2 heterocycles. The second-order valence-electron chi connectivity index (χ2n) is 4.53. The van der Waals surface area contributed by atoms with Crippen molar-refractivity contribution in [2.75, 3.05) is 0 Å². The molecule has 0 radical (unpaired) electrons. The smallest absolute Gasteiger partial charge is 0.327 e. The average molecular weight is 276 g/mol. The van der Waals surface area contributed by atoms with Gasteiger partial charge in [-0.2, -0.15) is 13.2 Å². The molecule has 20 heavy (non-hydrogen) atoms. The van der Waals surface area contributed by atoms with Crippen molar-refractivity contribution in [1.82, 2.24) is 9.55 Å². The number of nitrogens with zero attached hydrogens (tertiary/aromatic N) is 2. The fraction of sp³-hybridized carbons (Fsp3) is 0.133. The molecule has 102 valence electrons. The van der Waals surface area contributed by atoms with Gasteiger partial charge in [0.1, 0.15) is 5.65 Å². The monoisotopic (exact) mass is 276 g/mol. The molecule has 0 aliphatic carbocycles. The van der Waals surface area contributed by atoms with Crippen LogP contribution in [0.15, 0.2) is 54.9 Å². The summed E-state index contributed by atoms with van der Waals surface area (Å²) in [5.41, 5.74) is 0.643. The first kappa shape index (κ1) is 12.7. The largest absolute Gasteiger partial charge is 0.418 e. The first-order chi connectivity index (χ1) is 9.55. The number of fused-ring (bicyclic) bond motifs is 1. The Morgan fingerprint density at radius 1 is 1.00 bits per heavy atom. The van der Waals surface area contributed by atoms with E-state index in [1.165, 1.54) is 22.9 Å². The summed E-state index contributed by atoms with van der Waals surface area (Å²) in [6, 6.07) is 12.3. The topological polar surface area (TPSA) is 17.8 Å². The van der Waals surface area contributed by atoms with Gasteiger partial charge >= 0.3 is 6.18 Å². The molecule has 0 atom stereocenters. The molecule has 0 saturated carbocycles. The summed E-state index contributed by atoms with van der Waals surface area (Å²) in [5.74, 6) is 0. The van der Waals surface area contributed by atoms with Gasteiger partial charge in [0.15, 0.2) is 0 Å². The second-order valence-corrected chi connectivity index (χ2v) is 4.53. The summed E-state index contributed by atoms with van der Waals surface area (Å²) < 4.78 is 40.6. The first-order valence-electron chi connectivity index (χ1n) is 6.11. The Kier molecular flexibility index (Phi) is 2.97. The van der Waals surface area contributed by atoms with Crippen molar-refractivity contribution >= 4 is 11.0 Å². The van der Waals surface area contributed by atoms with Gasteiger partial charge in [0.2, 0.25) is 0 Å². The van der Waals surface area contributed by atoms with Crippen LogP contribution in [0.4, 0.5) is 13.2 Å². The molecule has 3 rings (SSSR count). The lowest BCUT2D eigenvalue weighted by atomic mass is 10.2. The summed E-state index contributed by atoms with van der Waals surface area (Å²) in [6.07, 6.45) is -1.74. The van der Waals surface area contributed by atoms with Gasteiger partial charge in [-0.25, -0.2) is 4.98 Å². The van der Waals surface area contributed by atoms with Gasteiger partial charge in [0.25, 0.3) is 0 Å². The predicted octanol–water partition coefficient (Wildman–Crippen LogP) is 4.10. The van der Waals surface area contributed by atoms with Crippen LogP contribution >= 0.6 is 0 Å². The van der Waals surface area contributed by atoms with E-state index in [1.807, 2.05) is 30.3 Å². The van der Waals surface area contributed by atoms with Gasteiger partial charge in [-0.15, -0.1) is 0 Å². The Balaban J connectivity index is 2.12. The van der Waals surface area contributed by atoms with Crippen LogP contribution in [0.2, 0.25) is 0 Å². The van der Waals surface area contributed by atoms with Crippen LogP contribution in [-0.2, 0) is 12.7 Å². The van der Waals surface area contributed by atoms with Crippen molar-refractivity contribution in [2.45, 2.75) is 12.7 Å². The molecule has 1 aromatic carbocycles. The zero-order valence-electron chi connectivity index (χ0n) is 10.4. The summed E-state index contributed by atoms with van der Waals surface area (Å²) in [4.78, 5) is 4.07. The van der Waals surface area contributed by atoms with Gasteiger partial charge in [-0.1, -0.05) is 30.3 Å². The Labute approximate surface area is 113 Å². The first-order valence-corrected chi connectivity index (χ1v) is 6.11. The number of rotatable bonds is 2. The quantitative estimate of drug-likeness (QED) is 0.689. The number of hydrogen-bond donors (Lipinski definition) is 0. The minimum absolute atomic E-state index is 0.135. The van der Waals surface area contributed by atoms with E-state index in [4.69, 9.17) is 0 Å². The highest BCUT2D eigenvalue weighted by atomic mass is 19.4. The molecule has 0 N–H and O–H groups in total. The van der Waals surface area contributed by atoms with Crippen molar-refractivity contribution < 1.29 is 13.2 Å². The highest BCUT2D eigenvalue weighted by Crippen LogP contribution is 2.35. The Bertz CT molecular complexity index is 730. The molecule has 0 aliphatic rings. The van der Waals surface area contributed by atoms with Crippen molar-refractivity contribution in [1.29, 1.82) is 0 Å². The van der Waals surface area contributed by atoms with E-state index in [0.29, 0.717) is 12.2 Å². The molecule has 5 heteroatoms. The third-order valence-corrected chi connectivity index (χ3v) is 3.13. The van der Waals surface area contributed by atoms with Crippen LogP contribution in [0, 0.1) is 0 Å². The van der Waals surface area contributed by atoms with Crippen LogP contribution in [0.5, 0.6) is 0 Å². The van der Waals surface area contributed by atoms with E-state index in [9.17, 15) is 13.2 Å². The van der Waals surface area contributed by atoms with Crippen LogP contribution in [0.3, 0.4) is 0 Å². The average Bonchev–Trinajstić information content (AvgIpc) is 2.79. The second kappa shape index (κ2) is 4.67. The molecule has 0 amide bonds. The number of benzene rings is 1. The molecule has 2 aromatic heterocycles. The van der Waals surface area contributed by atoms with Gasteiger partial charge in [0.05, 0.1) is 5.56 Å². The normalized spacial score (nSPS) is 11.9. The van der Waals surface area contributed by atoms with Gasteiger partial charge in [-0.05, 0) is 17.7 Å². The van der Waals surface area contributed by atoms with Crippen molar-refractivity contribution in [3.05, 3.63) is 66.0 Å². The predicted molar refractivity (Wildman–Crippen MR) is 70.3 cm³/mol. The molecule has 0 unspecified atom stereocenters. The van der Waals surface area contributed by atoms with Crippen LogP contribution in [0.25, 0.3) is 11.0 Å². The lowest BCUT2D eigenvalue weighted by Gasteiger charge is -2.04. The highest BCUT2D eigenvalue weighted by molar-refractivity contribution is 5.81. The Morgan fingerprint density at radius 2 is 1.75 bits per heavy atom. The number of halogens is 3. The van der Waals surface area contributed by atoms with E-state index < -0.39 is 11.7 Å². The number of aromatic nitrogens is 2. The maximum atomic E-state index is 13.0. The molecule has 2 nitrogen and oxygen atoms in total. The SMILES string of the molecule is FC(F)(F)c1cn(Cc2ccccc2)c2ncccc12. The molecule has 0 fully saturated rings. The fourth-order valence-electron chi connectivity index (χ4n) is 2.25. The molecular weight excluding hydrogens is 265 g/mol. The fourth-order valence-corrected chi connectivity index (χ4v) is 2.25. The molecule has 0 bridgehead atoms. The van der Waals surface area contributed by atoms with Gasteiger partial charge < -0.3 is 4.57 Å². The summed E-state index contributed by atoms with van der Waals surface area (Å²) in [5, 5.41) is 0.135. The summed E-state index contributed by atoms with van der Waals surface area (Å²) >= 11 is 0. The molecular formula is C15H11F3N2. The van der Waals surface area contributed by atoms with Gasteiger partial charge in [0, 0.05) is 24.3 Å². The van der Waals surface area contributed by atoms with Gasteiger partial charge in [-0.3, -0.25) is 0 Å². The van der Waals surface area contributed by atoms with E-state index in [-0.39, 0.29) is 5.39 Å². The zero-order chi connectivity index (χ0) is 14.2. The summed E-state index contributed by atoms with van der Waals surface area (Å²) in [6.45, 7) is 0.366. The third kappa shape index (κ3) is 2.27. The van der Waals surface area contributed by atoms with Crippen molar-refractivity contribution in [2.24, 2.45) is 0 Å². The van der Waals surface area contributed by atoms with E-state index in [2.05, 4.69) is 4.98 Å². The van der Waals surface area contributed by atoms with Crippen molar-refractivity contribution in [3.63, 3.8) is 0 Å². The molecule has 0 aliphatic heterocycles. The molecule has 3 aromatic rings. The van der Waals surface area contributed by atoms with Crippen LogP contribution in [-0.4, -0.2) is 9.55 Å². The zero-order valence-corrected chi connectivity index (χ0v) is 10.4. The third-order valence-electron chi connectivity index (χ3n) is 3.13. The summed E-state index contributed by atoms with van der Waals surface area (Å²) in [7, 11) is 0.